The van der Waals surface area contributed by atoms with E-state index in [2.05, 4.69) is 19.8 Å². The average molecular weight is 291 g/mol. The van der Waals surface area contributed by atoms with Crippen LogP contribution in [0, 0.1) is 6.92 Å². The Kier molecular flexibility index (Phi) is 4.15. The van der Waals surface area contributed by atoms with Crippen molar-refractivity contribution in [3.05, 3.63) is 23.8 Å². The number of nitrogens with zero attached hydrogens (tertiary/aromatic N) is 5. The fraction of sp³-hybridized carbons (Fsp3) is 0.462. The minimum absolute atomic E-state index is 0.109. The number of fused-ring (bicyclic) bond motifs is 1. The van der Waals surface area contributed by atoms with Crippen molar-refractivity contribution in [2.75, 3.05) is 13.7 Å². The molecule has 2 rings (SSSR count). The molecule has 2 heterocycles. The number of methoxy groups -OCH3 is 1. The molecule has 21 heavy (non-hydrogen) atoms. The van der Waals surface area contributed by atoms with Crippen molar-refractivity contribution in [1.82, 2.24) is 24.5 Å². The number of hydrogen-bond acceptors (Lipinski definition) is 6. The van der Waals surface area contributed by atoms with E-state index in [-0.39, 0.29) is 18.5 Å². The van der Waals surface area contributed by atoms with Crippen LogP contribution in [-0.4, -0.2) is 56.1 Å². The normalized spacial score (nSPS) is 10.9. The van der Waals surface area contributed by atoms with Crippen LogP contribution in [0.2, 0.25) is 0 Å². The summed E-state index contributed by atoms with van der Waals surface area (Å²) in [6.45, 7) is 5.31. The number of aryl methyl sites for hydroxylation is 1. The smallest absolute Gasteiger partial charge is 0.325 e. The molecule has 112 valence electrons. The van der Waals surface area contributed by atoms with Crippen LogP contribution in [0.15, 0.2) is 12.5 Å². The molecule has 2 aromatic rings. The topological polar surface area (TPSA) is 89.7 Å². The molecule has 0 unspecified atom stereocenters. The Morgan fingerprint density at radius 1 is 1.38 bits per heavy atom. The molecule has 8 heteroatoms. The summed E-state index contributed by atoms with van der Waals surface area (Å²) in [5, 5.41) is 4.02. The number of amides is 1. The molecule has 0 bridgehead atoms. The van der Waals surface area contributed by atoms with E-state index in [1.165, 1.54) is 29.0 Å². The predicted molar refractivity (Wildman–Crippen MR) is 73.7 cm³/mol. The van der Waals surface area contributed by atoms with Crippen molar-refractivity contribution in [2.24, 2.45) is 0 Å². The van der Waals surface area contributed by atoms with Crippen LogP contribution >= 0.6 is 0 Å². The number of aromatic nitrogens is 4. The van der Waals surface area contributed by atoms with Crippen molar-refractivity contribution in [3.63, 3.8) is 0 Å². The Morgan fingerprint density at radius 3 is 2.71 bits per heavy atom. The monoisotopic (exact) mass is 291 g/mol. The highest BCUT2D eigenvalue weighted by Gasteiger charge is 2.24. The summed E-state index contributed by atoms with van der Waals surface area (Å²) >= 11 is 0. The number of carbonyl (C=O) groups is 2. The van der Waals surface area contributed by atoms with E-state index >= 15 is 0 Å². The molecule has 0 saturated heterocycles. The van der Waals surface area contributed by atoms with Crippen LogP contribution < -0.4 is 0 Å². The van der Waals surface area contributed by atoms with Crippen LogP contribution in [0.5, 0.6) is 0 Å². The van der Waals surface area contributed by atoms with Gasteiger partial charge >= 0.3 is 5.97 Å². The van der Waals surface area contributed by atoms with Gasteiger partial charge in [0.1, 0.15) is 12.9 Å². The average Bonchev–Trinajstić information content (AvgIpc) is 2.93. The molecule has 0 spiro atoms. The standard InChI is InChI=1S/C13H17N5O3/c1-8(2)17(6-11(19)21-4)12(20)10-5-14-13-15-7-16-18(13)9(10)3/h5,7-8H,6H2,1-4H3. The first-order chi connectivity index (χ1) is 9.95. The van der Waals surface area contributed by atoms with Crippen molar-refractivity contribution < 1.29 is 14.3 Å². The third-order valence-electron chi connectivity index (χ3n) is 3.19. The van der Waals surface area contributed by atoms with Crippen molar-refractivity contribution in [3.8, 4) is 0 Å². The minimum Gasteiger partial charge on any atom is -0.468 e. The van der Waals surface area contributed by atoms with Crippen LogP contribution in [0.25, 0.3) is 5.78 Å². The molecule has 0 aliphatic heterocycles. The third-order valence-corrected chi connectivity index (χ3v) is 3.19. The summed E-state index contributed by atoms with van der Waals surface area (Å²) in [4.78, 5) is 33.6. The zero-order chi connectivity index (χ0) is 15.6. The summed E-state index contributed by atoms with van der Waals surface area (Å²) in [5.41, 5.74) is 1.00. The largest absolute Gasteiger partial charge is 0.468 e. The number of carbonyl (C=O) groups excluding carboxylic acids is 2. The molecule has 0 atom stereocenters. The fourth-order valence-corrected chi connectivity index (χ4v) is 1.95. The Labute approximate surface area is 121 Å². The Balaban J connectivity index is 2.38. The molecular formula is C13H17N5O3. The summed E-state index contributed by atoms with van der Waals surface area (Å²) < 4.78 is 6.12. The number of rotatable bonds is 4. The van der Waals surface area contributed by atoms with E-state index in [0.717, 1.165) is 0 Å². The molecule has 1 amide bonds. The molecular weight excluding hydrogens is 274 g/mol. The first-order valence-electron chi connectivity index (χ1n) is 6.48. The second-order valence-electron chi connectivity index (χ2n) is 4.83. The van der Waals surface area contributed by atoms with Gasteiger partial charge in [0.25, 0.3) is 11.7 Å². The van der Waals surface area contributed by atoms with Crippen molar-refractivity contribution >= 4 is 17.7 Å². The molecule has 0 N–H and O–H groups in total. The molecule has 0 saturated carbocycles. The number of hydrogen-bond donors (Lipinski definition) is 0. The Bertz CT molecular complexity index is 679. The maximum atomic E-state index is 12.6. The van der Waals surface area contributed by atoms with E-state index in [1.54, 1.807) is 6.92 Å². The first kappa shape index (κ1) is 14.9. The lowest BCUT2D eigenvalue weighted by molar-refractivity contribution is -0.141. The van der Waals surface area contributed by atoms with Gasteiger partial charge in [-0.25, -0.2) is 9.50 Å². The van der Waals surface area contributed by atoms with E-state index in [0.29, 0.717) is 17.0 Å². The van der Waals surface area contributed by atoms with Crippen LogP contribution in [-0.2, 0) is 9.53 Å². The van der Waals surface area contributed by atoms with Gasteiger partial charge in [0.2, 0.25) is 0 Å². The minimum atomic E-state index is -0.468. The van der Waals surface area contributed by atoms with E-state index in [1.807, 2.05) is 13.8 Å². The summed E-state index contributed by atoms with van der Waals surface area (Å²) in [6.07, 6.45) is 2.83. The van der Waals surface area contributed by atoms with E-state index in [4.69, 9.17) is 0 Å². The van der Waals surface area contributed by atoms with Crippen molar-refractivity contribution in [2.45, 2.75) is 26.8 Å². The van der Waals surface area contributed by atoms with Gasteiger partial charge in [-0.1, -0.05) is 0 Å². The summed E-state index contributed by atoms with van der Waals surface area (Å²) in [7, 11) is 1.29. The SMILES string of the molecule is COC(=O)CN(C(=O)c1cnc2ncnn2c1C)C(C)C. The van der Waals surface area contributed by atoms with Gasteiger partial charge in [-0.15, -0.1) is 0 Å². The highest BCUT2D eigenvalue weighted by molar-refractivity contribution is 5.97. The van der Waals surface area contributed by atoms with Crippen LogP contribution in [0.4, 0.5) is 0 Å². The van der Waals surface area contributed by atoms with Gasteiger partial charge in [-0.05, 0) is 20.8 Å². The van der Waals surface area contributed by atoms with E-state index < -0.39 is 5.97 Å². The van der Waals surface area contributed by atoms with Gasteiger partial charge in [0.05, 0.1) is 18.4 Å². The van der Waals surface area contributed by atoms with Crippen molar-refractivity contribution in [1.29, 1.82) is 0 Å². The maximum Gasteiger partial charge on any atom is 0.325 e. The number of esters is 1. The van der Waals surface area contributed by atoms with Crippen LogP contribution in [0.3, 0.4) is 0 Å². The highest BCUT2D eigenvalue weighted by atomic mass is 16.5. The highest BCUT2D eigenvalue weighted by Crippen LogP contribution is 2.13. The summed E-state index contributed by atoms with van der Waals surface area (Å²) in [5.74, 6) is -0.338. The van der Waals surface area contributed by atoms with Gasteiger partial charge < -0.3 is 9.64 Å². The second-order valence-corrected chi connectivity index (χ2v) is 4.83. The molecule has 0 fully saturated rings. The lowest BCUT2D eigenvalue weighted by Crippen LogP contribution is -2.41. The van der Waals surface area contributed by atoms with Crippen LogP contribution in [0.1, 0.15) is 29.9 Å². The molecule has 0 aliphatic rings. The lowest BCUT2D eigenvalue weighted by Gasteiger charge is -2.26. The zero-order valence-corrected chi connectivity index (χ0v) is 12.4. The third kappa shape index (κ3) is 2.83. The number of ether oxygens (including phenoxy) is 1. The zero-order valence-electron chi connectivity index (χ0n) is 12.4. The van der Waals surface area contributed by atoms with Gasteiger partial charge in [0, 0.05) is 12.2 Å². The summed E-state index contributed by atoms with van der Waals surface area (Å²) in [6, 6.07) is -0.151. The quantitative estimate of drug-likeness (QED) is 0.760. The second kappa shape index (κ2) is 5.86. The molecule has 2 aromatic heterocycles. The molecule has 8 nitrogen and oxygen atoms in total. The Hall–Kier alpha value is -2.51. The molecule has 0 aromatic carbocycles. The maximum absolute atomic E-state index is 12.6. The Morgan fingerprint density at radius 2 is 2.10 bits per heavy atom. The van der Waals surface area contributed by atoms with E-state index in [9.17, 15) is 9.59 Å². The van der Waals surface area contributed by atoms with Gasteiger partial charge in [0.15, 0.2) is 0 Å². The first-order valence-corrected chi connectivity index (χ1v) is 6.48. The lowest BCUT2D eigenvalue weighted by atomic mass is 10.2. The fourth-order valence-electron chi connectivity index (χ4n) is 1.95. The predicted octanol–water partition coefficient (Wildman–Crippen LogP) is 0.456. The molecule has 0 radical (unpaired) electrons. The van der Waals surface area contributed by atoms with Gasteiger partial charge in [-0.2, -0.15) is 10.1 Å². The molecule has 0 aliphatic carbocycles. The van der Waals surface area contributed by atoms with Gasteiger partial charge in [-0.3, -0.25) is 9.59 Å².